The Labute approximate surface area is 134 Å². The number of fused-ring (bicyclic) bond motifs is 2. The fourth-order valence-corrected chi connectivity index (χ4v) is 4.31. The predicted molar refractivity (Wildman–Crippen MR) is 88.3 cm³/mol. The molecule has 0 heterocycles. The number of halogens is 1. The van der Waals surface area contributed by atoms with Crippen LogP contribution in [-0.2, 0) is 0 Å². The van der Waals surface area contributed by atoms with Crippen LogP contribution in [0.15, 0.2) is 33.8 Å². The third-order valence-corrected chi connectivity index (χ3v) is 6.38. The molecule has 2 atom stereocenters. The lowest BCUT2D eigenvalue weighted by molar-refractivity contribution is 0.0954. The van der Waals surface area contributed by atoms with E-state index in [1.54, 1.807) is 6.07 Å². The van der Waals surface area contributed by atoms with Gasteiger partial charge in [-0.05, 0) is 48.8 Å². The van der Waals surface area contributed by atoms with Crippen molar-refractivity contribution in [3.63, 3.8) is 0 Å². The van der Waals surface area contributed by atoms with Crippen LogP contribution in [0.1, 0.15) is 50.4 Å². The Morgan fingerprint density at radius 2 is 2.14 bits per heavy atom. The first-order chi connectivity index (χ1) is 9.84. The molecule has 4 heteroatoms. The molecule has 0 aliphatic heterocycles. The molecule has 21 heavy (non-hydrogen) atoms. The summed E-state index contributed by atoms with van der Waals surface area (Å²) in [7, 11) is 0. The lowest BCUT2D eigenvalue weighted by Crippen LogP contribution is -2.34. The third kappa shape index (κ3) is 2.24. The van der Waals surface area contributed by atoms with Crippen LogP contribution in [0.4, 0.5) is 0 Å². The highest BCUT2D eigenvalue weighted by Crippen LogP contribution is 2.63. The van der Waals surface area contributed by atoms with E-state index in [0.29, 0.717) is 11.5 Å². The predicted octanol–water partition coefficient (Wildman–Crippen LogP) is 4.38. The molecule has 1 N–H and O–H groups in total. The van der Waals surface area contributed by atoms with E-state index >= 15 is 0 Å². The molecule has 112 valence electrons. The molecule has 2 fully saturated rings. The smallest absolute Gasteiger partial charge is 0.267 e. The molecule has 3 nitrogen and oxygen atoms in total. The third-order valence-electron chi connectivity index (χ3n) is 5.89. The van der Waals surface area contributed by atoms with Crippen molar-refractivity contribution in [2.24, 2.45) is 21.8 Å². The van der Waals surface area contributed by atoms with E-state index in [9.17, 15) is 4.79 Å². The molecule has 1 aromatic carbocycles. The number of carbonyl (C=O) groups excluding carboxylic acids is 1. The molecule has 0 spiro atoms. The summed E-state index contributed by atoms with van der Waals surface area (Å²) in [6.07, 6.45) is 3.47. The van der Waals surface area contributed by atoms with Crippen molar-refractivity contribution in [1.29, 1.82) is 0 Å². The zero-order chi connectivity index (χ0) is 15.3. The van der Waals surface area contributed by atoms with Crippen molar-refractivity contribution in [2.45, 2.75) is 40.0 Å². The van der Waals surface area contributed by atoms with Gasteiger partial charge in [0.15, 0.2) is 0 Å². The van der Waals surface area contributed by atoms with Gasteiger partial charge in [-0.15, -0.1) is 0 Å². The summed E-state index contributed by atoms with van der Waals surface area (Å²) in [4.78, 5) is 12.2. The molecular weight excluding hydrogens is 328 g/mol. The van der Waals surface area contributed by atoms with E-state index < -0.39 is 0 Å². The minimum atomic E-state index is -0.145. The summed E-state index contributed by atoms with van der Waals surface area (Å²) in [6.45, 7) is 6.97. The van der Waals surface area contributed by atoms with Crippen LogP contribution in [0.2, 0.25) is 0 Å². The molecule has 2 aliphatic carbocycles. The van der Waals surface area contributed by atoms with E-state index in [2.05, 4.69) is 47.2 Å². The Kier molecular flexibility index (Phi) is 3.47. The van der Waals surface area contributed by atoms with E-state index in [0.717, 1.165) is 16.6 Å². The first-order valence-electron chi connectivity index (χ1n) is 7.47. The number of hydrazone groups is 1. The van der Waals surface area contributed by atoms with Crippen LogP contribution in [0.25, 0.3) is 0 Å². The van der Waals surface area contributed by atoms with E-state index in [4.69, 9.17) is 0 Å². The summed E-state index contributed by atoms with van der Waals surface area (Å²) in [5, 5.41) is 4.48. The maximum absolute atomic E-state index is 12.2. The van der Waals surface area contributed by atoms with Gasteiger partial charge in [0.25, 0.3) is 5.91 Å². The first-order valence-corrected chi connectivity index (χ1v) is 8.27. The second-order valence-electron chi connectivity index (χ2n) is 7.00. The molecule has 2 aliphatic rings. The molecular formula is C17H21BrN2O. The largest absolute Gasteiger partial charge is 0.271 e. The quantitative estimate of drug-likeness (QED) is 0.791. The van der Waals surface area contributed by atoms with Crippen LogP contribution in [0, 0.1) is 16.7 Å². The van der Waals surface area contributed by atoms with Gasteiger partial charge in [-0.1, -0.05) is 42.8 Å². The van der Waals surface area contributed by atoms with Crippen molar-refractivity contribution < 1.29 is 4.79 Å². The minimum absolute atomic E-state index is 0.127. The number of nitrogens with zero attached hydrogens (tertiary/aromatic N) is 1. The van der Waals surface area contributed by atoms with Gasteiger partial charge in [0.2, 0.25) is 0 Å². The number of nitrogens with one attached hydrogen (secondary N) is 1. The number of rotatable bonds is 2. The van der Waals surface area contributed by atoms with Crippen LogP contribution < -0.4 is 5.43 Å². The number of hydrogen-bond donors (Lipinski definition) is 1. The van der Waals surface area contributed by atoms with Gasteiger partial charge >= 0.3 is 0 Å². The summed E-state index contributed by atoms with van der Waals surface area (Å²) in [6, 6.07) is 7.37. The maximum Gasteiger partial charge on any atom is 0.271 e. The lowest BCUT2D eigenvalue weighted by atomic mass is 9.70. The molecule has 1 aromatic rings. The zero-order valence-corrected chi connectivity index (χ0v) is 14.3. The monoisotopic (exact) mass is 348 g/mol. The molecule has 0 aromatic heterocycles. The van der Waals surface area contributed by atoms with Gasteiger partial charge in [-0.2, -0.15) is 5.10 Å². The van der Waals surface area contributed by atoms with E-state index in [-0.39, 0.29) is 16.7 Å². The highest BCUT2D eigenvalue weighted by Gasteiger charge is 2.59. The highest BCUT2D eigenvalue weighted by atomic mass is 79.9. The normalized spacial score (nSPS) is 31.6. The summed E-state index contributed by atoms with van der Waals surface area (Å²) >= 11 is 3.38. The standard InChI is InChI=1S/C17H21BrN2O/c1-16(2)12-7-8-17(16,3)14(10-12)19-20-15(21)11-5-4-6-13(18)9-11/h4-6,9,12H,7-8,10H2,1-3H3,(H,20,21)/b19-14+. The zero-order valence-electron chi connectivity index (χ0n) is 12.7. The maximum atomic E-state index is 12.2. The molecule has 1 amide bonds. The van der Waals surface area contributed by atoms with Gasteiger partial charge in [-0.3, -0.25) is 4.79 Å². The fraction of sp³-hybridized carbons (Fsp3) is 0.529. The Balaban J connectivity index is 1.77. The summed E-state index contributed by atoms with van der Waals surface area (Å²) < 4.78 is 0.899. The van der Waals surface area contributed by atoms with Crippen molar-refractivity contribution in [1.82, 2.24) is 5.43 Å². The second-order valence-corrected chi connectivity index (χ2v) is 7.92. The van der Waals surface area contributed by atoms with Crippen LogP contribution in [0.3, 0.4) is 0 Å². The van der Waals surface area contributed by atoms with Crippen LogP contribution >= 0.6 is 15.9 Å². The number of hydrogen-bond acceptors (Lipinski definition) is 2. The van der Waals surface area contributed by atoms with E-state index in [1.165, 1.54) is 12.8 Å². The Morgan fingerprint density at radius 3 is 2.71 bits per heavy atom. The highest BCUT2D eigenvalue weighted by molar-refractivity contribution is 9.10. The van der Waals surface area contributed by atoms with Gasteiger partial charge in [0, 0.05) is 21.2 Å². The molecule has 0 radical (unpaired) electrons. The summed E-state index contributed by atoms with van der Waals surface area (Å²) in [5.74, 6) is 0.553. The Hall–Kier alpha value is -1.16. The SMILES string of the molecule is CC12CCC(C/C1=N\NC(=O)c1cccc(Br)c1)C2(C)C. The molecule has 0 saturated heterocycles. The van der Waals surface area contributed by atoms with E-state index in [1.807, 2.05) is 18.2 Å². The molecule has 2 bridgehead atoms. The van der Waals surface area contributed by atoms with Crippen molar-refractivity contribution >= 4 is 27.5 Å². The number of carbonyl (C=O) groups is 1. The van der Waals surface area contributed by atoms with Crippen LogP contribution in [-0.4, -0.2) is 11.6 Å². The van der Waals surface area contributed by atoms with Crippen molar-refractivity contribution in [3.8, 4) is 0 Å². The summed E-state index contributed by atoms with van der Waals surface area (Å²) in [5.41, 5.74) is 4.94. The van der Waals surface area contributed by atoms with Crippen LogP contribution in [0.5, 0.6) is 0 Å². The second kappa shape index (κ2) is 4.94. The first kappa shape index (κ1) is 14.8. The minimum Gasteiger partial charge on any atom is -0.267 e. The fourth-order valence-electron chi connectivity index (χ4n) is 3.91. The van der Waals surface area contributed by atoms with Gasteiger partial charge < -0.3 is 0 Å². The average molecular weight is 349 g/mol. The lowest BCUT2D eigenvalue weighted by Gasteiger charge is -2.34. The molecule has 2 saturated carbocycles. The van der Waals surface area contributed by atoms with Gasteiger partial charge in [0.05, 0.1) is 0 Å². The Bertz CT molecular complexity index is 623. The number of benzene rings is 1. The van der Waals surface area contributed by atoms with Gasteiger partial charge in [0.1, 0.15) is 0 Å². The number of amides is 1. The molecule has 3 rings (SSSR count). The van der Waals surface area contributed by atoms with Gasteiger partial charge in [-0.25, -0.2) is 5.43 Å². The molecule has 2 unspecified atom stereocenters. The van der Waals surface area contributed by atoms with Crippen molar-refractivity contribution in [2.75, 3.05) is 0 Å². The Morgan fingerprint density at radius 1 is 1.38 bits per heavy atom. The van der Waals surface area contributed by atoms with Crippen molar-refractivity contribution in [3.05, 3.63) is 34.3 Å². The average Bonchev–Trinajstić information content (AvgIpc) is 2.77. The topological polar surface area (TPSA) is 41.5 Å².